The number of ether oxygens (including phenoxy) is 1. The first-order valence-corrected chi connectivity index (χ1v) is 10.5. The minimum Gasteiger partial charge on any atom is -0.467 e. The van der Waals surface area contributed by atoms with Crippen molar-refractivity contribution in [3.63, 3.8) is 0 Å². The summed E-state index contributed by atoms with van der Waals surface area (Å²) < 4.78 is 20.5. The second kappa shape index (κ2) is 7.28. The monoisotopic (exact) mass is 375 g/mol. The molecule has 2 unspecified atom stereocenters. The third kappa shape index (κ3) is 2.95. The average Bonchev–Trinajstić information content (AvgIpc) is 3.31. The molecule has 4 atom stereocenters. The van der Waals surface area contributed by atoms with Gasteiger partial charge in [0.1, 0.15) is 11.0 Å². The van der Waals surface area contributed by atoms with Gasteiger partial charge in [-0.05, 0) is 50.7 Å². The summed E-state index contributed by atoms with van der Waals surface area (Å²) in [6, 6.07) is 4.01. The van der Waals surface area contributed by atoms with Crippen LogP contribution in [0.4, 0.5) is 0 Å². The molecule has 1 aliphatic heterocycles. The van der Waals surface area contributed by atoms with Crippen molar-refractivity contribution in [1.82, 2.24) is 4.31 Å². The molecule has 142 valence electrons. The standard InChI is InChI=1S/C21H29NO3S/c1-6-21(20(23)25-5)19(17-10-8-7-9-11-17)22(21)26(24)18-15(3)12-14(2)13-16(18)4/h6,12-13,17,19H,1,7-11H2,2-5H3/t19-,21+,22?,26?/m0/s1. The van der Waals surface area contributed by atoms with E-state index in [1.807, 2.05) is 37.2 Å². The zero-order valence-electron chi connectivity index (χ0n) is 16.2. The molecule has 2 fully saturated rings. The van der Waals surface area contributed by atoms with Gasteiger partial charge < -0.3 is 4.74 Å². The fourth-order valence-electron chi connectivity index (χ4n) is 4.75. The van der Waals surface area contributed by atoms with Crippen LogP contribution in [-0.4, -0.2) is 33.2 Å². The van der Waals surface area contributed by atoms with Crippen LogP contribution < -0.4 is 0 Å². The minimum atomic E-state index is -1.42. The van der Waals surface area contributed by atoms with Crippen LogP contribution in [0.1, 0.15) is 48.8 Å². The minimum absolute atomic E-state index is 0.0892. The predicted octanol–water partition coefficient (Wildman–Crippen LogP) is 4.00. The van der Waals surface area contributed by atoms with E-state index in [-0.39, 0.29) is 12.0 Å². The van der Waals surface area contributed by atoms with Crippen LogP contribution >= 0.6 is 0 Å². The van der Waals surface area contributed by atoms with Crippen LogP contribution in [0.15, 0.2) is 29.7 Å². The van der Waals surface area contributed by atoms with E-state index in [4.69, 9.17) is 4.74 Å². The molecule has 0 spiro atoms. The summed E-state index contributed by atoms with van der Waals surface area (Å²) in [6.07, 6.45) is 7.35. The molecule has 1 aliphatic carbocycles. The molecule has 4 nitrogen and oxygen atoms in total. The van der Waals surface area contributed by atoms with Gasteiger partial charge in [0.2, 0.25) is 0 Å². The number of hydrogen-bond acceptors (Lipinski definition) is 3. The summed E-state index contributed by atoms with van der Waals surface area (Å²) in [5, 5.41) is 0. The summed E-state index contributed by atoms with van der Waals surface area (Å²) in [4.78, 5) is 13.5. The van der Waals surface area contributed by atoms with Crippen molar-refractivity contribution in [2.45, 2.75) is 69.4 Å². The van der Waals surface area contributed by atoms with Crippen LogP contribution in [0.5, 0.6) is 0 Å². The Morgan fingerprint density at radius 2 is 1.81 bits per heavy atom. The van der Waals surface area contributed by atoms with Gasteiger partial charge in [-0.25, -0.2) is 9.00 Å². The number of methoxy groups -OCH3 is 1. The van der Waals surface area contributed by atoms with E-state index < -0.39 is 16.5 Å². The highest BCUT2D eigenvalue weighted by Crippen LogP contribution is 2.53. The van der Waals surface area contributed by atoms with Gasteiger partial charge in [-0.2, -0.15) is 4.31 Å². The highest BCUT2D eigenvalue weighted by Gasteiger charge is 2.72. The fraction of sp³-hybridized carbons (Fsp3) is 0.571. The van der Waals surface area contributed by atoms with E-state index in [0.29, 0.717) is 5.92 Å². The van der Waals surface area contributed by atoms with Gasteiger partial charge in [0.05, 0.1) is 18.0 Å². The van der Waals surface area contributed by atoms with E-state index in [2.05, 4.69) is 6.58 Å². The number of nitrogens with zero attached hydrogens (tertiary/aromatic N) is 1. The fourth-order valence-corrected chi connectivity index (χ4v) is 6.64. The molecule has 3 rings (SSSR count). The van der Waals surface area contributed by atoms with Crippen LogP contribution in [-0.2, 0) is 20.5 Å². The van der Waals surface area contributed by atoms with Crippen LogP contribution in [0, 0.1) is 26.7 Å². The SMILES string of the molecule is C=C[C@]1(C(=O)OC)[C@H](C2CCCCC2)N1S(=O)c1c(C)cc(C)cc1C. The van der Waals surface area contributed by atoms with Gasteiger partial charge in [0, 0.05) is 0 Å². The lowest BCUT2D eigenvalue weighted by Crippen LogP contribution is -2.31. The lowest BCUT2D eigenvalue weighted by atomic mass is 9.83. The number of benzene rings is 1. The lowest BCUT2D eigenvalue weighted by molar-refractivity contribution is -0.143. The summed E-state index contributed by atoms with van der Waals surface area (Å²) in [5.41, 5.74) is 2.18. The maximum absolute atomic E-state index is 13.6. The second-order valence-corrected chi connectivity index (χ2v) is 8.97. The molecule has 2 aliphatic rings. The molecule has 26 heavy (non-hydrogen) atoms. The third-order valence-electron chi connectivity index (χ3n) is 5.88. The maximum Gasteiger partial charge on any atom is 0.332 e. The van der Waals surface area contributed by atoms with Crippen LogP contribution in [0.25, 0.3) is 0 Å². The molecule has 1 saturated carbocycles. The van der Waals surface area contributed by atoms with E-state index in [0.717, 1.165) is 34.4 Å². The molecular formula is C21H29NO3S. The van der Waals surface area contributed by atoms with Gasteiger partial charge in [0.15, 0.2) is 5.54 Å². The van der Waals surface area contributed by atoms with Gasteiger partial charge in [-0.3, -0.25) is 0 Å². The average molecular weight is 376 g/mol. The number of aryl methyl sites for hydroxylation is 3. The third-order valence-corrected chi connectivity index (χ3v) is 7.76. The summed E-state index contributed by atoms with van der Waals surface area (Å²) in [5.74, 6) is 0.00898. The molecule has 0 amide bonds. The maximum atomic E-state index is 13.6. The second-order valence-electron chi connectivity index (χ2n) is 7.67. The highest BCUT2D eigenvalue weighted by atomic mass is 32.2. The van der Waals surface area contributed by atoms with Crippen LogP contribution in [0.3, 0.4) is 0 Å². The van der Waals surface area contributed by atoms with Crippen molar-refractivity contribution < 1.29 is 13.7 Å². The van der Waals surface area contributed by atoms with Gasteiger partial charge in [-0.15, -0.1) is 6.58 Å². The molecule has 1 saturated heterocycles. The summed E-state index contributed by atoms with van der Waals surface area (Å²) >= 11 is 0. The lowest BCUT2D eigenvalue weighted by Gasteiger charge is -2.22. The van der Waals surface area contributed by atoms with Crippen molar-refractivity contribution >= 4 is 17.0 Å². The van der Waals surface area contributed by atoms with E-state index in [1.165, 1.54) is 26.4 Å². The molecular weight excluding hydrogens is 346 g/mol. The highest BCUT2D eigenvalue weighted by molar-refractivity contribution is 7.83. The predicted molar refractivity (Wildman–Crippen MR) is 104 cm³/mol. The molecule has 1 aromatic rings. The largest absolute Gasteiger partial charge is 0.467 e. The van der Waals surface area contributed by atoms with Gasteiger partial charge in [-0.1, -0.05) is 43.0 Å². The Morgan fingerprint density at radius 1 is 1.23 bits per heavy atom. The molecule has 0 aromatic heterocycles. The first-order chi connectivity index (χ1) is 12.4. The Morgan fingerprint density at radius 3 is 2.31 bits per heavy atom. The van der Waals surface area contributed by atoms with Crippen molar-refractivity contribution in [1.29, 1.82) is 0 Å². The van der Waals surface area contributed by atoms with Crippen molar-refractivity contribution in [2.24, 2.45) is 5.92 Å². The zero-order chi connectivity index (χ0) is 19.1. The number of hydrogen-bond donors (Lipinski definition) is 0. The Balaban J connectivity index is 2.02. The molecule has 0 N–H and O–H groups in total. The molecule has 1 aromatic carbocycles. The Hall–Kier alpha value is -1.46. The normalized spacial score (nSPS) is 29.8. The topological polar surface area (TPSA) is 46.4 Å². The first kappa shape index (κ1) is 19.3. The number of esters is 1. The number of rotatable bonds is 5. The van der Waals surface area contributed by atoms with Crippen molar-refractivity contribution in [3.8, 4) is 0 Å². The Kier molecular flexibility index (Phi) is 5.40. The first-order valence-electron chi connectivity index (χ1n) is 9.39. The van der Waals surface area contributed by atoms with Crippen LogP contribution in [0.2, 0.25) is 0 Å². The van der Waals surface area contributed by atoms with Crippen molar-refractivity contribution in [3.05, 3.63) is 41.5 Å². The Bertz CT molecular complexity index is 731. The molecule has 5 heteroatoms. The van der Waals surface area contributed by atoms with E-state index in [1.54, 1.807) is 6.08 Å². The van der Waals surface area contributed by atoms with Crippen molar-refractivity contribution in [2.75, 3.05) is 7.11 Å². The Labute approximate surface area is 159 Å². The number of carbonyl (C=O) groups is 1. The molecule has 1 heterocycles. The van der Waals surface area contributed by atoms with E-state index in [9.17, 15) is 9.00 Å². The molecule has 0 bridgehead atoms. The summed E-state index contributed by atoms with van der Waals surface area (Å²) in [7, 11) is -0.0213. The van der Waals surface area contributed by atoms with E-state index >= 15 is 0 Å². The smallest absolute Gasteiger partial charge is 0.332 e. The molecule has 0 radical (unpaired) electrons. The zero-order valence-corrected chi connectivity index (χ0v) is 17.0. The quantitative estimate of drug-likeness (QED) is 0.444. The summed E-state index contributed by atoms with van der Waals surface area (Å²) in [6.45, 7) is 9.93. The number of carbonyl (C=O) groups excluding carboxylic acids is 1. The van der Waals surface area contributed by atoms with Gasteiger partial charge >= 0.3 is 5.97 Å². The van der Waals surface area contributed by atoms with Gasteiger partial charge in [0.25, 0.3) is 0 Å².